The van der Waals surface area contributed by atoms with Crippen molar-refractivity contribution in [1.82, 2.24) is 10.2 Å². The fourth-order valence-corrected chi connectivity index (χ4v) is 2.39. The van der Waals surface area contributed by atoms with Gasteiger partial charge in [0.2, 0.25) is 5.91 Å². The molecule has 0 saturated carbocycles. The standard InChI is InChI=1S/C15H22N2O2/c1-17(15(18)10-13-4-3-9-16-13)11-12-5-7-14(19-2)8-6-12/h5-8,13,16H,3-4,9-11H2,1-2H3. The number of methoxy groups -OCH3 is 1. The van der Waals surface area contributed by atoms with Gasteiger partial charge < -0.3 is 15.0 Å². The van der Waals surface area contributed by atoms with Crippen LogP contribution < -0.4 is 10.1 Å². The minimum Gasteiger partial charge on any atom is -0.497 e. The summed E-state index contributed by atoms with van der Waals surface area (Å²) in [6.07, 6.45) is 2.90. The van der Waals surface area contributed by atoms with E-state index in [0.717, 1.165) is 24.3 Å². The van der Waals surface area contributed by atoms with Crippen molar-refractivity contribution in [2.24, 2.45) is 0 Å². The number of nitrogens with zero attached hydrogens (tertiary/aromatic N) is 1. The van der Waals surface area contributed by atoms with Crippen LogP contribution in [-0.2, 0) is 11.3 Å². The number of amides is 1. The van der Waals surface area contributed by atoms with Crippen LogP contribution in [0.25, 0.3) is 0 Å². The molecule has 1 heterocycles. The Labute approximate surface area is 114 Å². The zero-order valence-corrected chi connectivity index (χ0v) is 11.7. The highest BCUT2D eigenvalue weighted by molar-refractivity contribution is 5.76. The molecule has 2 rings (SSSR count). The van der Waals surface area contributed by atoms with Crippen molar-refractivity contribution in [3.05, 3.63) is 29.8 Å². The molecule has 1 unspecified atom stereocenters. The Balaban J connectivity index is 1.84. The van der Waals surface area contributed by atoms with Gasteiger partial charge in [0.15, 0.2) is 0 Å². The van der Waals surface area contributed by atoms with Gasteiger partial charge >= 0.3 is 0 Å². The minimum atomic E-state index is 0.204. The number of ether oxygens (including phenoxy) is 1. The second kappa shape index (κ2) is 6.57. The van der Waals surface area contributed by atoms with E-state index >= 15 is 0 Å². The molecule has 0 aliphatic carbocycles. The number of carbonyl (C=O) groups excluding carboxylic acids is 1. The van der Waals surface area contributed by atoms with Crippen LogP contribution in [0, 0.1) is 0 Å². The van der Waals surface area contributed by atoms with Crippen LogP contribution in [0.3, 0.4) is 0 Å². The first-order valence-corrected chi connectivity index (χ1v) is 6.79. The monoisotopic (exact) mass is 262 g/mol. The molecule has 0 aromatic heterocycles. The van der Waals surface area contributed by atoms with Crippen molar-refractivity contribution in [1.29, 1.82) is 0 Å². The molecule has 0 radical (unpaired) electrons. The maximum absolute atomic E-state index is 12.1. The summed E-state index contributed by atoms with van der Waals surface area (Å²) in [6, 6.07) is 8.21. The lowest BCUT2D eigenvalue weighted by molar-refractivity contribution is -0.130. The number of carbonyl (C=O) groups is 1. The van der Waals surface area contributed by atoms with Crippen LogP contribution in [0.1, 0.15) is 24.8 Å². The summed E-state index contributed by atoms with van der Waals surface area (Å²) in [5.41, 5.74) is 1.12. The second-order valence-electron chi connectivity index (χ2n) is 5.10. The van der Waals surface area contributed by atoms with Crippen molar-refractivity contribution >= 4 is 5.91 Å². The number of hydrogen-bond acceptors (Lipinski definition) is 3. The molecule has 4 heteroatoms. The van der Waals surface area contributed by atoms with Crippen LogP contribution in [-0.4, -0.2) is 37.6 Å². The minimum absolute atomic E-state index is 0.204. The van der Waals surface area contributed by atoms with Gasteiger partial charge in [-0.05, 0) is 37.1 Å². The average Bonchev–Trinajstić information content (AvgIpc) is 2.92. The summed E-state index contributed by atoms with van der Waals surface area (Å²) in [4.78, 5) is 13.9. The van der Waals surface area contributed by atoms with Crippen LogP contribution in [0.4, 0.5) is 0 Å². The molecule has 1 amide bonds. The van der Waals surface area contributed by atoms with E-state index < -0.39 is 0 Å². The van der Waals surface area contributed by atoms with Gasteiger partial charge in [-0.15, -0.1) is 0 Å². The Bertz CT molecular complexity index is 411. The normalized spacial score (nSPS) is 18.3. The van der Waals surface area contributed by atoms with Crippen molar-refractivity contribution < 1.29 is 9.53 Å². The van der Waals surface area contributed by atoms with E-state index in [9.17, 15) is 4.79 Å². The average molecular weight is 262 g/mol. The fraction of sp³-hybridized carbons (Fsp3) is 0.533. The molecule has 104 valence electrons. The van der Waals surface area contributed by atoms with E-state index in [1.54, 1.807) is 12.0 Å². The molecule has 1 fully saturated rings. The topological polar surface area (TPSA) is 41.6 Å². The summed E-state index contributed by atoms with van der Waals surface area (Å²) in [5.74, 6) is 1.04. The Morgan fingerprint density at radius 2 is 2.16 bits per heavy atom. The lowest BCUT2D eigenvalue weighted by Crippen LogP contribution is -2.33. The van der Waals surface area contributed by atoms with E-state index in [4.69, 9.17) is 4.74 Å². The fourth-order valence-electron chi connectivity index (χ4n) is 2.39. The SMILES string of the molecule is COc1ccc(CN(C)C(=O)CC2CCCN2)cc1. The summed E-state index contributed by atoms with van der Waals surface area (Å²) in [5, 5.41) is 3.36. The molecule has 0 bridgehead atoms. The third-order valence-electron chi connectivity index (χ3n) is 3.59. The maximum Gasteiger partial charge on any atom is 0.224 e. The van der Waals surface area contributed by atoms with E-state index in [0.29, 0.717) is 19.0 Å². The highest BCUT2D eigenvalue weighted by Crippen LogP contribution is 2.14. The predicted octanol–water partition coefficient (Wildman–Crippen LogP) is 1.80. The molecule has 1 saturated heterocycles. The molecule has 1 aromatic rings. The number of nitrogens with one attached hydrogen (secondary N) is 1. The summed E-state index contributed by atoms with van der Waals surface area (Å²) in [6.45, 7) is 1.69. The molecule has 0 spiro atoms. The van der Waals surface area contributed by atoms with Crippen molar-refractivity contribution in [2.45, 2.75) is 31.8 Å². The first kappa shape index (κ1) is 13.9. The zero-order chi connectivity index (χ0) is 13.7. The molecular formula is C15H22N2O2. The van der Waals surface area contributed by atoms with Crippen molar-refractivity contribution in [2.75, 3.05) is 20.7 Å². The highest BCUT2D eigenvalue weighted by atomic mass is 16.5. The van der Waals surface area contributed by atoms with E-state index in [2.05, 4.69) is 5.32 Å². The first-order valence-electron chi connectivity index (χ1n) is 6.79. The molecule has 1 aromatic carbocycles. The molecule has 19 heavy (non-hydrogen) atoms. The predicted molar refractivity (Wildman–Crippen MR) is 75.1 cm³/mol. The quantitative estimate of drug-likeness (QED) is 0.879. The lowest BCUT2D eigenvalue weighted by atomic mass is 10.1. The second-order valence-corrected chi connectivity index (χ2v) is 5.10. The van der Waals surface area contributed by atoms with Gasteiger partial charge in [0.1, 0.15) is 5.75 Å². The summed E-state index contributed by atoms with van der Waals surface area (Å²) >= 11 is 0. The van der Waals surface area contributed by atoms with Gasteiger partial charge in [-0.1, -0.05) is 12.1 Å². The summed E-state index contributed by atoms with van der Waals surface area (Å²) in [7, 11) is 3.51. The Morgan fingerprint density at radius 1 is 1.42 bits per heavy atom. The summed E-state index contributed by atoms with van der Waals surface area (Å²) < 4.78 is 5.12. The van der Waals surface area contributed by atoms with Crippen LogP contribution in [0.15, 0.2) is 24.3 Å². The molecule has 1 aliphatic heterocycles. The molecular weight excluding hydrogens is 240 g/mol. The Hall–Kier alpha value is -1.55. The lowest BCUT2D eigenvalue weighted by Gasteiger charge is -2.19. The highest BCUT2D eigenvalue weighted by Gasteiger charge is 2.19. The van der Waals surface area contributed by atoms with Gasteiger partial charge in [-0.3, -0.25) is 4.79 Å². The number of rotatable bonds is 5. The Morgan fingerprint density at radius 3 is 2.74 bits per heavy atom. The largest absolute Gasteiger partial charge is 0.497 e. The molecule has 1 N–H and O–H groups in total. The molecule has 4 nitrogen and oxygen atoms in total. The third kappa shape index (κ3) is 3.96. The van der Waals surface area contributed by atoms with Gasteiger partial charge in [0, 0.05) is 26.1 Å². The number of hydrogen-bond donors (Lipinski definition) is 1. The first-order chi connectivity index (χ1) is 9.19. The van der Waals surface area contributed by atoms with Gasteiger partial charge in [0.25, 0.3) is 0 Å². The van der Waals surface area contributed by atoms with Crippen molar-refractivity contribution in [3.8, 4) is 5.75 Å². The maximum atomic E-state index is 12.1. The van der Waals surface area contributed by atoms with E-state index in [1.165, 1.54) is 6.42 Å². The third-order valence-corrected chi connectivity index (χ3v) is 3.59. The van der Waals surface area contributed by atoms with Gasteiger partial charge in [-0.2, -0.15) is 0 Å². The van der Waals surface area contributed by atoms with Crippen LogP contribution in [0.2, 0.25) is 0 Å². The smallest absolute Gasteiger partial charge is 0.224 e. The van der Waals surface area contributed by atoms with Crippen LogP contribution >= 0.6 is 0 Å². The molecule has 1 atom stereocenters. The van der Waals surface area contributed by atoms with Crippen LogP contribution in [0.5, 0.6) is 5.75 Å². The van der Waals surface area contributed by atoms with E-state index in [-0.39, 0.29) is 5.91 Å². The van der Waals surface area contributed by atoms with E-state index in [1.807, 2.05) is 31.3 Å². The zero-order valence-electron chi connectivity index (χ0n) is 11.7. The number of benzene rings is 1. The molecule has 1 aliphatic rings. The Kier molecular flexibility index (Phi) is 4.80. The van der Waals surface area contributed by atoms with Gasteiger partial charge in [-0.25, -0.2) is 0 Å². The van der Waals surface area contributed by atoms with Crippen molar-refractivity contribution in [3.63, 3.8) is 0 Å². The van der Waals surface area contributed by atoms with Gasteiger partial charge in [0.05, 0.1) is 7.11 Å².